The van der Waals surface area contributed by atoms with E-state index in [0.717, 1.165) is 103 Å². The zero-order valence-corrected chi connectivity index (χ0v) is 42.1. The number of aliphatic hydroxyl groups is 5. The number of hydrogen-bond acceptors (Lipinski definition) is 8. The highest BCUT2D eigenvalue weighted by atomic mass is 16.7. The molecule has 1 amide bonds. The van der Waals surface area contributed by atoms with Gasteiger partial charge in [0, 0.05) is 6.42 Å². The molecular formula is C58H97NO8. The first-order valence-electron chi connectivity index (χ1n) is 26.6. The van der Waals surface area contributed by atoms with Crippen molar-refractivity contribution in [3.63, 3.8) is 0 Å². The van der Waals surface area contributed by atoms with Crippen LogP contribution in [0.1, 0.15) is 194 Å². The lowest BCUT2D eigenvalue weighted by Crippen LogP contribution is -2.60. The quantitative estimate of drug-likeness (QED) is 0.0261. The Morgan fingerprint density at radius 2 is 0.940 bits per heavy atom. The van der Waals surface area contributed by atoms with E-state index in [9.17, 15) is 30.3 Å². The second kappa shape index (κ2) is 46.6. The third-order valence-corrected chi connectivity index (χ3v) is 11.8. The minimum Gasteiger partial charge on any atom is -0.394 e. The number of carbonyl (C=O) groups excluding carboxylic acids is 1. The normalized spacial score (nSPS) is 20.6. The summed E-state index contributed by atoms with van der Waals surface area (Å²) in [5.74, 6) is -0.202. The molecule has 0 spiro atoms. The molecule has 6 N–H and O–H groups in total. The molecule has 0 aromatic rings. The molecule has 382 valence electrons. The standard InChI is InChI=1S/C58H97NO8/c1-3-5-7-9-11-13-15-17-19-20-21-22-23-24-25-26-27-28-29-30-31-32-34-36-38-40-42-44-46-48-54(62)59-51(50-66-58-57(65)56(64)55(63)53(49-60)67-58)52(61)47-45-43-41-39-37-35-33-18-16-14-12-10-8-6-4-2/h5,7,11,13,16-19,21-22,24-25,27-28,37,39,45,47,51-53,55-58,60-61,63-65H,3-4,6,8-10,12,14-15,20,23,26,29-36,38,40-44,46,48-50H2,1-2H3,(H,59,62)/b7-5-,13-11-,18-16+,19-17-,22-21-,25-24-,28-27-,39-37+,47-45+. The summed E-state index contributed by atoms with van der Waals surface area (Å²) in [4.78, 5) is 13.0. The van der Waals surface area contributed by atoms with Gasteiger partial charge in [-0.25, -0.2) is 0 Å². The number of amides is 1. The second-order valence-corrected chi connectivity index (χ2v) is 17.9. The number of carbonyl (C=O) groups is 1. The molecular weight excluding hydrogens is 839 g/mol. The minimum atomic E-state index is -1.58. The Kier molecular flexibility index (Phi) is 43.0. The number of aliphatic hydroxyl groups excluding tert-OH is 5. The third kappa shape index (κ3) is 36.5. The molecule has 9 heteroatoms. The summed E-state index contributed by atoms with van der Waals surface area (Å²) in [6.45, 7) is 3.61. The van der Waals surface area contributed by atoms with Gasteiger partial charge in [-0.2, -0.15) is 0 Å². The molecule has 1 aliphatic rings. The summed E-state index contributed by atoms with van der Waals surface area (Å²) in [5, 5.41) is 54.3. The summed E-state index contributed by atoms with van der Waals surface area (Å²) in [6.07, 6.45) is 61.4. The van der Waals surface area contributed by atoms with Crippen molar-refractivity contribution in [1.82, 2.24) is 5.32 Å². The summed E-state index contributed by atoms with van der Waals surface area (Å²) in [7, 11) is 0. The minimum absolute atomic E-state index is 0.202. The van der Waals surface area contributed by atoms with Crippen molar-refractivity contribution in [3.8, 4) is 0 Å². The molecule has 1 saturated heterocycles. The first-order chi connectivity index (χ1) is 32.8. The molecule has 1 heterocycles. The first kappa shape index (κ1) is 61.9. The van der Waals surface area contributed by atoms with E-state index >= 15 is 0 Å². The van der Waals surface area contributed by atoms with Gasteiger partial charge < -0.3 is 40.3 Å². The van der Waals surface area contributed by atoms with Gasteiger partial charge in [-0.3, -0.25) is 4.79 Å². The lowest BCUT2D eigenvalue weighted by molar-refractivity contribution is -0.302. The van der Waals surface area contributed by atoms with E-state index < -0.39 is 49.5 Å². The highest BCUT2D eigenvalue weighted by Gasteiger charge is 2.44. The van der Waals surface area contributed by atoms with Crippen LogP contribution in [0.4, 0.5) is 0 Å². The van der Waals surface area contributed by atoms with Gasteiger partial charge in [-0.15, -0.1) is 0 Å². The van der Waals surface area contributed by atoms with Crippen molar-refractivity contribution in [1.29, 1.82) is 0 Å². The van der Waals surface area contributed by atoms with Crippen LogP contribution in [0, 0.1) is 0 Å². The van der Waals surface area contributed by atoms with E-state index in [0.29, 0.717) is 6.42 Å². The lowest BCUT2D eigenvalue weighted by atomic mass is 9.99. The average Bonchev–Trinajstić information content (AvgIpc) is 3.33. The Bertz CT molecular complexity index is 1410. The van der Waals surface area contributed by atoms with Crippen molar-refractivity contribution in [2.24, 2.45) is 0 Å². The molecule has 0 bridgehead atoms. The summed E-state index contributed by atoms with van der Waals surface area (Å²) in [5.41, 5.74) is 0. The van der Waals surface area contributed by atoms with Crippen LogP contribution in [0.5, 0.6) is 0 Å². The van der Waals surface area contributed by atoms with Crippen molar-refractivity contribution >= 4 is 5.91 Å². The molecule has 7 atom stereocenters. The Hall–Kier alpha value is -3.15. The zero-order valence-electron chi connectivity index (χ0n) is 42.1. The van der Waals surface area contributed by atoms with Gasteiger partial charge in [0.25, 0.3) is 0 Å². The Labute approximate surface area is 408 Å². The highest BCUT2D eigenvalue weighted by molar-refractivity contribution is 5.76. The molecule has 67 heavy (non-hydrogen) atoms. The van der Waals surface area contributed by atoms with Gasteiger partial charge in [-0.05, 0) is 96.3 Å². The van der Waals surface area contributed by atoms with Crippen LogP contribution in [-0.4, -0.2) is 87.5 Å². The van der Waals surface area contributed by atoms with Crippen LogP contribution in [0.25, 0.3) is 0 Å². The van der Waals surface area contributed by atoms with Gasteiger partial charge in [0.15, 0.2) is 6.29 Å². The molecule has 1 fully saturated rings. The van der Waals surface area contributed by atoms with Gasteiger partial charge in [0.2, 0.25) is 5.91 Å². The molecule has 1 rings (SSSR count). The van der Waals surface area contributed by atoms with E-state index in [1.807, 2.05) is 6.08 Å². The third-order valence-electron chi connectivity index (χ3n) is 11.8. The summed E-state index contributed by atoms with van der Waals surface area (Å²) >= 11 is 0. The Morgan fingerprint density at radius 1 is 0.522 bits per heavy atom. The maximum absolute atomic E-state index is 13.0. The molecule has 9 nitrogen and oxygen atoms in total. The molecule has 0 aliphatic carbocycles. The fourth-order valence-electron chi connectivity index (χ4n) is 7.60. The van der Waals surface area contributed by atoms with Crippen LogP contribution in [0.2, 0.25) is 0 Å². The molecule has 0 aromatic heterocycles. The molecule has 0 saturated carbocycles. The number of unbranched alkanes of at least 4 members (excludes halogenated alkanes) is 17. The highest BCUT2D eigenvalue weighted by Crippen LogP contribution is 2.22. The van der Waals surface area contributed by atoms with E-state index in [4.69, 9.17) is 9.47 Å². The fraction of sp³-hybridized carbons (Fsp3) is 0.672. The van der Waals surface area contributed by atoms with E-state index in [2.05, 4.69) is 116 Å². The monoisotopic (exact) mass is 936 g/mol. The Morgan fingerprint density at radius 3 is 1.43 bits per heavy atom. The van der Waals surface area contributed by atoms with Crippen molar-refractivity contribution in [2.75, 3.05) is 13.2 Å². The van der Waals surface area contributed by atoms with Crippen molar-refractivity contribution in [2.45, 2.75) is 236 Å². The van der Waals surface area contributed by atoms with Crippen molar-refractivity contribution < 1.29 is 39.8 Å². The number of rotatable bonds is 43. The predicted octanol–water partition coefficient (Wildman–Crippen LogP) is 12.6. The van der Waals surface area contributed by atoms with Crippen LogP contribution in [-0.2, 0) is 14.3 Å². The molecule has 1 aliphatic heterocycles. The van der Waals surface area contributed by atoms with Crippen LogP contribution in [0.15, 0.2) is 109 Å². The second-order valence-electron chi connectivity index (χ2n) is 17.9. The molecule has 7 unspecified atom stereocenters. The van der Waals surface area contributed by atoms with Gasteiger partial charge in [0.05, 0.1) is 25.4 Å². The maximum Gasteiger partial charge on any atom is 0.220 e. The van der Waals surface area contributed by atoms with Crippen molar-refractivity contribution in [3.05, 3.63) is 109 Å². The number of allylic oxidation sites excluding steroid dienone is 17. The van der Waals surface area contributed by atoms with Gasteiger partial charge >= 0.3 is 0 Å². The number of hydrogen-bond donors (Lipinski definition) is 6. The van der Waals surface area contributed by atoms with E-state index in [-0.39, 0.29) is 12.5 Å². The smallest absolute Gasteiger partial charge is 0.220 e. The van der Waals surface area contributed by atoms with Crippen LogP contribution in [0.3, 0.4) is 0 Å². The first-order valence-corrected chi connectivity index (χ1v) is 26.6. The van der Waals surface area contributed by atoms with Gasteiger partial charge in [0.1, 0.15) is 24.4 Å². The van der Waals surface area contributed by atoms with Crippen LogP contribution < -0.4 is 5.32 Å². The number of nitrogens with one attached hydrogen (secondary N) is 1. The van der Waals surface area contributed by atoms with E-state index in [1.165, 1.54) is 70.6 Å². The fourth-order valence-corrected chi connectivity index (χ4v) is 7.60. The average molecular weight is 936 g/mol. The largest absolute Gasteiger partial charge is 0.394 e. The van der Waals surface area contributed by atoms with Gasteiger partial charge in [-0.1, -0.05) is 200 Å². The SMILES string of the molecule is CC/C=C\C/C=C\C/C=C\C/C=C\C/C=C\C/C=C\CCCCCCCCCCCCC(=O)NC(COC1OC(CO)C(O)C(O)C1O)C(O)/C=C/CC/C=C/CC/C=C/CCCCCCC. The zero-order chi connectivity index (χ0) is 48.7. The van der Waals surface area contributed by atoms with E-state index in [1.54, 1.807) is 6.08 Å². The topological polar surface area (TPSA) is 149 Å². The molecule has 0 radical (unpaired) electrons. The lowest BCUT2D eigenvalue weighted by Gasteiger charge is -2.40. The Balaban J connectivity index is 2.26. The summed E-state index contributed by atoms with van der Waals surface area (Å²) in [6, 6.07) is -0.837. The molecule has 0 aromatic carbocycles. The predicted molar refractivity (Wildman–Crippen MR) is 281 cm³/mol. The maximum atomic E-state index is 13.0. The summed E-state index contributed by atoms with van der Waals surface area (Å²) < 4.78 is 11.2. The number of ether oxygens (including phenoxy) is 2. The van der Waals surface area contributed by atoms with Crippen LogP contribution >= 0.6 is 0 Å².